The third-order valence-corrected chi connectivity index (χ3v) is 4.32. The van der Waals surface area contributed by atoms with Gasteiger partial charge in [-0.15, -0.1) is 0 Å². The molecule has 4 rings (SSSR count). The van der Waals surface area contributed by atoms with Gasteiger partial charge in [0.15, 0.2) is 5.69 Å². The van der Waals surface area contributed by atoms with Crippen molar-refractivity contribution in [1.82, 2.24) is 20.5 Å². The van der Waals surface area contributed by atoms with Gasteiger partial charge in [-0.3, -0.25) is 14.7 Å². The van der Waals surface area contributed by atoms with Crippen molar-refractivity contribution in [1.29, 1.82) is 0 Å². The summed E-state index contributed by atoms with van der Waals surface area (Å²) in [6.07, 6.45) is 2.62. The molecule has 0 unspecified atom stereocenters. The molecule has 0 radical (unpaired) electrons. The van der Waals surface area contributed by atoms with Crippen LogP contribution in [0.5, 0.6) is 0 Å². The molecule has 23 heavy (non-hydrogen) atoms. The van der Waals surface area contributed by atoms with Gasteiger partial charge < -0.3 is 10.3 Å². The lowest BCUT2D eigenvalue weighted by molar-refractivity contribution is 0.0929. The van der Waals surface area contributed by atoms with Crippen LogP contribution in [0.25, 0.3) is 10.9 Å². The Kier molecular flexibility index (Phi) is 3.22. The Bertz CT molecular complexity index is 941. The van der Waals surface area contributed by atoms with E-state index in [0.717, 1.165) is 41.4 Å². The lowest BCUT2D eigenvalue weighted by atomic mass is 9.91. The smallest absolute Gasteiger partial charge is 0.272 e. The summed E-state index contributed by atoms with van der Waals surface area (Å²) < 4.78 is 0. The maximum Gasteiger partial charge on any atom is 0.272 e. The topological polar surface area (TPSA) is 90.6 Å². The second-order valence-corrected chi connectivity index (χ2v) is 5.79. The zero-order chi connectivity index (χ0) is 15.8. The highest BCUT2D eigenvalue weighted by Gasteiger charge is 2.24. The molecular formula is C17H16N4O2. The molecule has 0 aliphatic heterocycles. The number of nitrogens with zero attached hydrogens (tertiary/aromatic N) is 1. The lowest BCUT2D eigenvalue weighted by Crippen LogP contribution is -2.32. The number of fused-ring (bicyclic) bond motifs is 2. The van der Waals surface area contributed by atoms with E-state index in [2.05, 4.69) is 20.5 Å². The first-order valence-corrected chi connectivity index (χ1v) is 7.68. The van der Waals surface area contributed by atoms with Crippen molar-refractivity contribution in [2.75, 3.05) is 0 Å². The first kappa shape index (κ1) is 13.8. The van der Waals surface area contributed by atoms with E-state index in [0.29, 0.717) is 5.69 Å². The third kappa shape index (κ3) is 2.42. The second kappa shape index (κ2) is 5.39. The van der Waals surface area contributed by atoms with Gasteiger partial charge in [-0.05, 0) is 37.0 Å². The van der Waals surface area contributed by atoms with E-state index in [1.54, 1.807) is 6.07 Å². The molecular weight excluding hydrogens is 292 g/mol. The van der Waals surface area contributed by atoms with Crippen LogP contribution in [0.3, 0.4) is 0 Å². The summed E-state index contributed by atoms with van der Waals surface area (Å²) in [6, 6.07) is 10.8. The summed E-state index contributed by atoms with van der Waals surface area (Å²) >= 11 is 0. The molecule has 0 bridgehead atoms. The van der Waals surface area contributed by atoms with E-state index in [4.69, 9.17) is 0 Å². The van der Waals surface area contributed by atoms with E-state index < -0.39 is 0 Å². The molecule has 2 aromatic heterocycles. The van der Waals surface area contributed by atoms with Gasteiger partial charge in [0.25, 0.3) is 5.91 Å². The number of hydrogen-bond acceptors (Lipinski definition) is 3. The predicted molar refractivity (Wildman–Crippen MR) is 86.3 cm³/mol. The van der Waals surface area contributed by atoms with Crippen LogP contribution in [0.2, 0.25) is 0 Å². The van der Waals surface area contributed by atoms with Gasteiger partial charge in [0.05, 0.1) is 11.6 Å². The third-order valence-electron chi connectivity index (χ3n) is 4.32. The van der Waals surface area contributed by atoms with Gasteiger partial charge in [-0.25, -0.2) is 0 Å². The number of pyridine rings is 1. The highest BCUT2D eigenvalue weighted by Crippen LogP contribution is 2.28. The number of aromatic nitrogens is 3. The van der Waals surface area contributed by atoms with Crippen LogP contribution >= 0.6 is 0 Å². The molecule has 2 heterocycles. The monoisotopic (exact) mass is 308 g/mol. The van der Waals surface area contributed by atoms with E-state index in [1.807, 2.05) is 24.3 Å². The molecule has 3 aromatic rings. The van der Waals surface area contributed by atoms with Crippen LogP contribution in [0, 0.1) is 0 Å². The van der Waals surface area contributed by atoms with E-state index >= 15 is 0 Å². The molecule has 0 fully saturated rings. The summed E-state index contributed by atoms with van der Waals surface area (Å²) in [5, 5.41) is 10.9. The van der Waals surface area contributed by atoms with Gasteiger partial charge >= 0.3 is 0 Å². The Morgan fingerprint density at radius 2 is 2.09 bits per heavy atom. The van der Waals surface area contributed by atoms with Crippen molar-refractivity contribution < 1.29 is 4.79 Å². The minimum atomic E-state index is -0.202. The number of rotatable bonds is 2. The average molecular weight is 308 g/mol. The number of aryl methyl sites for hydroxylation is 1. The number of hydrogen-bond donors (Lipinski definition) is 3. The van der Waals surface area contributed by atoms with Crippen molar-refractivity contribution in [3.05, 3.63) is 63.7 Å². The fraction of sp³-hybridized carbons (Fsp3) is 0.235. The standard InChI is InChI=1S/C17H16N4O2/c22-15-9-8-10-12(18-15)6-3-7-13(10)19-17(23)16-11-4-1-2-5-14(11)20-21-16/h1-2,4-5,8-9,13H,3,6-7H2,(H,18,22)(H,19,23)(H,20,21)/t13-/m1/s1. The second-order valence-electron chi connectivity index (χ2n) is 5.79. The average Bonchev–Trinajstić information content (AvgIpc) is 2.99. The molecule has 1 aromatic carbocycles. The highest BCUT2D eigenvalue weighted by molar-refractivity contribution is 6.04. The minimum absolute atomic E-state index is 0.0986. The van der Waals surface area contributed by atoms with Crippen molar-refractivity contribution in [2.45, 2.75) is 25.3 Å². The minimum Gasteiger partial charge on any atom is -0.344 e. The van der Waals surface area contributed by atoms with Gasteiger partial charge in [0.1, 0.15) is 0 Å². The van der Waals surface area contributed by atoms with Crippen LogP contribution < -0.4 is 10.9 Å². The number of H-pyrrole nitrogens is 2. The van der Waals surface area contributed by atoms with E-state index in [9.17, 15) is 9.59 Å². The van der Waals surface area contributed by atoms with Crippen molar-refractivity contribution in [3.8, 4) is 0 Å². The fourth-order valence-electron chi connectivity index (χ4n) is 3.21. The molecule has 6 nitrogen and oxygen atoms in total. The van der Waals surface area contributed by atoms with Crippen LogP contribution in [0.15, 0.2) is 41.2 Å². The van der Waals surface area contributed by atoms with Crippen LogP contribution in [-0.2, 0) is 6.42 Å². The molecule has 1 atom stereocenters. The van der Waals surface area contributed by atoms with Crippen LogP contribution in [0.1, 0.15) is 40.6 Å². The number of nitrogens with one attached hydrogen (secondary N) is 3. The molecule has 0 saturated heterocycles. The zero-order valence-corrected chi connectivity index (χ0v) is 12.4. The quantitative estimate of drug-likeness (QED) is 0.677. The van der Waals surface area contributed by atoms with Crippen LogP contribution in [-0.4, -0.2) is 21.1 Å². The molecule has 0 spiro atoms. The number of benzene rings is 1. The number of carbonyl (C=O) groups is 1. The summed E-state index contributed by atoms with van der Waals surface area (Å²) in [6.45, 7) is 0. The largest absolute Gasteiger partial charge is 0.344 e. The Morgan fingerprint density at radius 1 is 1.22 bits per heavy atom. The normalized spacial score (nSPS) is 17.0. The Labute approximate surface area is 131 Å². The first-order chi connectivity index (χ1) is 11.2. The molecule has 1 aliphatic carbocycles. The Balaban J connectivity index is 1.64. The van der Waals surface area contributed by atoms with Gasteiger partial charge in [0, 0.05) is 17.1 Å². The van der Waals surface area contributed by atoms with Crippen molar-refractivity contribution in [3.63, 3.8) is 0 Å². The Hall–Kier alpha value is -2.89. The van der Waals surface area contributed by atoms with E-state index in [1.165, 1.54) is 6.07 Å². The first-order valence-electron chi connectivity index (χ1n) is 7.68. The number of aromatic amines is 2. The highest BCUT2D eigenvalue weighted by atomic mass is 16.2. The maximum absolute atomic E-state index is 12.6. The summed E-state index contributed by atoms with van der Waals surface area (Å²) in [7, 11) is 0. The van der Waals surface area contributed by atoms with Crippen molar-refractivity contribution in [2.24, 2.45) is 0 Å². The number of carbonyl (C=O) groups excluding carboxylic acids is 1. The lowest BCUT2D eigenvalue weighted by Gasteiger charge is -2.25. The van der Waals surface area contributed by atoms with Gasteiger partial charge in [0.2, 0.25) is 5.56 Å². The van der Waals surface area contributed by atoms with Gasteiger partial charge in [-0.2, -0.15) is 5.10 Å². The SMILES string of the molecule is O=C(N[C@@H]1CCCc2[nH]c(=O)ccc21)c1n[nH]c2ccccc12. The van der Waals surface area contributed by atoms with Gasteiger partial charge in [-0.1, -0.05) is 18.2 Å². The van der Waals surface area contributed by atoms with Crippen molar-refractivity contribution >= 4 is 16.8 Å². The Morgan fingerprint density at radius 3 is 3.00 bits per heavy atom. The molecule has 1 aliphatic rings. The molecule has 116 valence electrons. The molecule has 1 amide bonds. The number of amides is 1. The molecule has 0 saturated carbocycles. The summed E-state index contributed by atoms with van der Waals surface area (Å²) in [5.41, 5.74) is 3.04. The van der Waals surface area contributed by atoms with Crippen LogP contribution in [0.4, 0.5) is 0 Å². The predicted octanol–water partition coefficient (Wildman–Crippen LogP) is 2.06. The molecule has 6 heteroatoms. The summed E-state index contributed by atoms with van der Waals surface area (Å²) in [5.74, 6) is -0.202. The fourth-order valence-corrected chi connectivity index (χ4v) is 3.21. The number of para-hydroxylation sites is 1. The van der Waals surface area contributed by atoms with E-state index in [-0.39, 0.29) is 17.5 Å². The molecule has 3 N–H and O–H groups in total. The maximum atomic E-state index is 12.6. The zero-order valence-electron chi connectivity index (χ0n) is 12.4. The summed E-state index contributed by atoms with van der Waals surface area (Å²) in [4.78, 5) is 26.9.